The summed E-state index contributed by atoms with van der Waals surface area (Å²) in [6.07, 6.45) is 10.9. The summed E-state index contributed by atoms with van der Waals surface area (Å²) in [5.41, 5.74) is 7.23. The third-order valence-corrected chi connectivity index (χ3v) is 11.8. The molecule has 6 N–H and O–H groups in total. The Morgan fingerprint density at radius 2 is 1.28 bits per heavy atom. The SMILES string of the molecule is CC(=O)N[C@H](C(=O)N1CCCC1c1nc(-c2ccc(-c3cn4cc(-c5ccc(-c6cnc([C@@H]7CCCN7C(=O)[C@@H](NC(=O)CO)C(C)C)[nH]6)cc5)[nH]c4n3)cc2)c[nH]1)C(C)C. The molecule has 16 nitrogen and oxygen atoms in total. The van der Waals surface area contributed by atoms with Crippen molar-refractivity contribution in [2.75, 3.05) is 19.7 Å². The molecule has 0 bridgehead atoms. The summed E-state index contributed by atoms with van der Waals surface area (Å²) in [5.74, 6) is 0.955. The zero-order chi connectivity index (χ0) is 42.9. The Bertz CT molecular complexity index is 2500. The summed E-state index contributed by atoms with van der Waals surface area (Å²) in [4.78, 5) is 79.0. The first kappa shape index (κ1) is 41.2. The molecule has 61 heavy (non-hydrogen) atoms. The van der Waals surface area contributed by atoms with Gasteiger partial charge in [-0.05, 0) is 48.6 Å². The number of aliphatic hydroxyl groups excluding tert-OH is 1. The highest BCUT2D eigenvalue weighted by Gasteiger charge is 2.38. The molecule has 2 saturated heterocycles. The molecule has 2 aromatic carbocycles. The molecular weight excluding hydrogens is 775 g/mol. The number of rotatable bonds is 13. The van der Waals surface area contributed by atoms with Crippen molar-refractivity contribution in [1.82, 2.24) is 54.7 Å². The van der Waals surface area contributed by atoms with Crippen LogP contribution in [0, 0.1) is 11.8 Å². The van der Waals surface area contributed by atoms with Crippen LogP contribution in [0.25, 0.3) is 50.8 Å². The van der Waals surface area contributed by atoms with Crippen molar-refractivity contribution in [3.05, 3.63) is 85.0 Å². The zero-order valence-electron chi connectivity index (χ0n) is 35.1. The van der Waals surface area contributed by atoms with Gasteiger partial charge in [0.2, 0.25) is 29.4 Å². The summed E-state index contributed by atoms with van der Waals surface area (Å²) in [5, 5.41) is 14.7. The van der Waals surface area contributed by atoms with Gasteiger partial charge >= 0.3 is 0 Å². The number of aromatic amines is 3. The molecule has 4 amide bonds. The topological polar surface area (TPSA) is 209 Å². The lowest BCUT2D eigenvalue weighted by Crippen LogP contribution is -2.51. The van der Waals surface area contributed by atoms with Crippen molar-refractivity contribution >= 4 is 29.4 Å². The summed E-state index contributed by atoms with van der Waals surface area (Å²) in [6, 6.07) is 14.5. The molecule has 2 fully saturated rings. The van der Waals surface area contributed by atoms with Gasteiger partial charge in [-0.1, -0.05) is 76.2 Å². The predicted octanol–water partition coefficient (Wildman–Crippen LogP) is 5.40. The number of hydrogen-bond acceptors (Lipinski definition) is 8. The fourth-order valence-corrected chi connectivity index (χ4v) is 8.56. The van der Waals surface area contributed by atoms with Crippen molar-refractivity contribution in [1.29, 1.82) is 0 Å². The maximum Gasteiger partial charge on any atom is 0.246 e. The second kappa shape index (κ2) is 17.2. The summed E-state index contributed by atoms with van der Waals surface area (Å²) in [7, 11) is 0. The number of likely N-dealkylation sites (tertiary alicyclic amines) is 2. The van der Waals surface area contributed by atoms with E-state index in [2.05, 4.69) is 30.6 Å². The second-order valence-electron chi connectivity index (χ2n) is 16.8. The number of benzene rings is 2. The number of aromatic nitrogens is 7. The van der Waals surface area contributed by atoms with E-state index >= 15 is 0 Å². The van der Waals surface area contributed by atoms with Crippen LogP contribution in [0.4, 0.5) is 0 Å². The smallest absolute Gasteiger partial charge is 0.246 e. The van der Waals surface area contributed by atoms with Gasteiger partial charge in [0.1, 0.15) is 30.3 Å². The van der Waals surface area contributed by atoms with E-state index in [0.29, 0.717) is 24.7 Å². The lowest BCUT2D eigenvalue weighted by molar-refractivity contribution is -0.139. The molecule has 0 spiro atoms. The predicted molar refractivity (Wildman–Crippen MR) is 229 cm³/mol. The van der Waals surface area contributed by atoms with Gasteiger partial charge in [-0.2, -0.15) is 0 Å². The lowest BCUT2D eigenvalue weighted by Gasteiger charge is -2.30. The average molecular weight is 828 g/mol. The van der Waals surface area contributed by atoms with E-state index in [9.17, 15) is 24.3 Å². The van der Waals surface area contributed by atoms with E-state index in [0.717, 1.165) is 76.5 Å². The van der Waals surface area contributed by atoms with E-state index in [4.69, 9.17) is 9.97 Å². The minimum Gasteiger partial charge on any atom is -0.387 e. The Hall–Kier alpha value is -6.55. The molecular formula is C45H53N11O5. The maximum atomic E-state index is 13.5. The van der Waals surface area contributed by atoms with Crippen LogP contribution in [0.15, 0.2) is 73.3 Å². The fourth-order valence-electron chi connectivity index (χ4n) is 8.56. The molecule has 318 valence electrons. The highest BCUT2D eigenvalue weighted by atomic mass is 16.3. The van der Waals surface area contributed by atoms with E-state index in [1.807, 2.05) is 104 Å². The summed E-state index contributed by atoms with van der Waals surface area (Å²) in [6.45, 7) is 9.60. The Morgan fingerprint density at radius 3 is 1.85 bits per heavy atom. The number of carbonyl (C=O) groups excluding carboxylic acids is 4. The molecule has 1 unspecified atom stereocenters. The standard InChI is InChI=1S/C45H53N11O5/c1-25(2)39(48-27(5)58)43(60)55-18-6-8-36(55)41-46-20-32(49-41)28-10-14-30(15-11-28)34-22-54-23-35(52-45(54)51-34)31-16-12-29(13-17-31)33-21-47-42(50-33)37-9-7-19-56(37)44(61)40(26(3)4)53-38(59)24-57/h10-17,20-23,25-26,36-37,39-40,57H,6-9,18-19,24H2,1-5H3,(H,46,49)(H,47,50)(H,48,58)(H,51,52)(H,53,59)/t36?,37-,39-,40-/m0/s1. The highest BCUT2D eigenvalue weighted by Crippen LogP contribution is 2.35. The van der Waals surface area contributed by atoms with Crippen LogP contribution in [0.5, 0.6) is 0 Å². The Balaban J connectivity index is 0.911. The number of carbonyl (C=O) groups is 4. The van der Waals surface area contributed by atoms with Crippen LogP contribution in [-0.2, 0) is 19.2 Å². The van der Waals surface area contributed by atoms with E-state index in [1.165, 1.54) is 6.92 Å². The van der Waals surface area contributed by atoms with Gasteiger partial charge in [0.25, 0.3) is 0 Å². The number of H-pyrrole nitrogens is 3. The number of amides is 4. The van der Waals surface area contributed by atoms with Gasteiger partial charge < -0.3 is 40.5 Å². The molecule has 8 rings (SSSR count). The minimum absolute atomic E-state index is 0.0324. The molecule has 2 aliphatic rings. The van der Waals surface area contributed by atoms with Crippen LogP contribution in [-0.4, -0.2) is 105 Å². The minimum atomic E-state index is -0.725. The first-order chi connectivity index (χ1) is 29.4. The first-order valence-corrected chi connectivity index (χ1v) is 21.1. The number of nitrogens with zero attached hydrogens (tertiary/aromatic N) is 6. The summed E-state index contributed by atoms with van der Waals surface area (Å²) >= 11 is 0. The quantitative estimate of drug-likeness (QED) is 0.0887. The normalized spacial score (nSPS) is 17.7. The first-order valence-electron chi connectivity index (χ1n) is 21.1. The van der Waals surface area contributed by atoms with Gasteiger partial charge in [0.05, 0.1) is 41.1 Å². The molecule has 4 aromatic heterocycles. The van der Waals surface area contributed by atoms with E-state index < -0.39 is 24.6 Å². The van der Waals surface area contributed by atoms with Crippen molar-refractivity contribution < 1.29 is 24.3 Å². The monoisotopic (exact) mass is 827 g/mol. The van der Waals surface area contributed by atoms with Crippen LogP contribution >= 0.6 is 0 Å². The largest absolute Gasteiger partial charge is 0.387 e. The molecule has 6 heterocycles. The molecule has 0 saturated carbocycles. The molecule has 16 heteroatoms. The molecule has 4 atom stereocenters. The lowest BCUT2D eigenvalue weighted by atomic mass is 10.0. The van der Waals surface area contributed by atoms with Crippen LogP contribution in [0.3, 0.4) is 0 Å². The number of aliphatic hydroxyl groups is 1. The molecule has 6 aromatic rings. The Labute approximate surface area is 353 Å². The summed E-state index contributed by atoms with van der Waals surface area (Å²) < 4.78 is 1.98. The van der Waals surface area contributed by atoms with E-state index in [1.54, 1.807) is 11.1 Å². The maximum absolute atomic E-state index is 13.5. The van der Waals surface area contributed by atoms with Gasteiger partial charge in [0, 0.05) is 49.7 Å². The molecule has 2 aliphatic heterocycles. The van der Waals surface area contributed by atoms with Gasteiger partial charge in [-0.3, -0.25) is 23.6 Å². The average Bonchev–Trinajstić information content (AvgIpc) is 4.11. The van der Waals surface area contributed by atoms with E-state index in [-0.39, 0.29) is 41.6 Å². The van der Waals surface area contributed by atoms with Crippen molar-refractivity contribution in [2.45, 2.75) is 84.5 Å². The molecule has 0 radical (unpaired) electrons. The zero-order valence-corrected chi connectivity index (χ0v) is 35.1. The van der Waals surface area contributed by atoms with Gasteiger partial charge in [0.15, 0.2) is 0 Å². The van der Waals surface area contributed by atoms with Gasteiger partial charge in [-0.15, -0.1) is 0 Å². The fraction of sp³-hybridized carbons (Fsp3) is 0.400. The highest BCUT2D eigenvalue weighted by molar-refractivity contribution is 5.89. The molecule has 0 aliphatic carbocycles. The number of fused-ring (bicyclic) bond motifs is 1. The van der Waals surface area contributed by atoms with Crippen molar-refractivity contribution in [2.24, 2.45) is 11.8 Å². The Kier molecular flexibility index (Phi) is 11.6. The Morgan fingerprint density at radius 1 is 0.721 bits per heavy atom. The van der Waals surface area contributed by atoms with Crippen LogP contribution < -0.4 is 10.6 Å². The van der Waals surface area contributed by atoms with Crippen molar-refractivity contribution in [3.63, 3.8) is 0 Å². The number of nitrogens with one attached hydrogen (secondary N) is 5. The van der Waals surface area contributed by atoms with Crippen LogP contribution in [0.2, 0.25) is 0 Å². The second-order valence-corrected chi connectivity index (χ2v) is 16.8. The van der Waals surface area contributed by atoms with Gasteiger partial charge in [-0.25, -0.2) is 15.0 Å². The number of hydrogen-bond donors (Lipinski definition) is 6. The van der Waals surface area contributed by atoms with Crippen molar-refractivity contribution in [3.8, 4) is 45.0 Å². The number of imidazole rings is 4. The third-order valence-electron chi connectivity index (χ3n) is 11.8. The third kappa shape index (κ3) is 8.44. The van der Waals surface area contributed by atoms with Crippen LogP contribution in [0.1, 0.15) is 84.0 Å².